The second kappa shape index (κ2) is 9.38. The molecular weight excluding hydrogens is 398 g/mol. The zero-order valence-corrected chi connectivity index (χ0v) is 18.5. The highest BCUT2D eigenvalue weighted by molar-refractivity contribution is 7.10. The van der Waals surface area contributed by atoms with E-state index in [2.05, 4.69) is 43.7 Å². The van der Waals surface area contributed by atoms with Gasteiger partial charge in [-0.2, -0.15) is 0 Å². The Balaban J connectivity index is 1.27. The highest BCUT2D eigenvalue weighted by Crippen LogP contribution is 2.24. The molecule has 0 unspecified atom stereocenters. The topological polar surface area (TPSA) is 60.4 Å². The van der Waals surface area contributed by atoms with Crippen molar-refractivity contribution in [3.8, 4) is 5.75 Å². The second-order valence-electron chi connectivity index (χ2n) is 7.51. The van der Waals surface area contributed by atoms with Crippen molar-refractivity contribution < 1.29 is 9.53 Å². The number of piperazine rings is 1. The number of nitrogens with one attached hydrogen (secondary N) is 1. The van der Waals surface area contributed by atoms with E-state index >= 15 is 0 Å². The van der Waals surface area contributed by atoms with Gasteiger partial charge in [-0.3, -0.25) is 9.79 Å². The van der Waals surface area contributed by atoms with Gasteiger partial charge in [-0.15, -0.1) is 11.3 Å². The fourth-order valence-electron chi connectivity index (χ4n) is 4.04. The third-order valence-electron chi connectivity index (χ3n) is 5.77. The maximum Gasteiger partial charge on any atom is 0.242 e. The summed E-state index contributed by atoms with van der Waals surface area (Å²) >= 11 is 1.79. The number of methoxy groups -OCH3 is 1. The Morgan fingerprint density at radius 1 is 1.17 bits per heavy atom. The molecule has 1 aromatic carbocycles. The van der Waals surface area contributed by atoms with Gasteiger partial charge < -0.3 is 24.8 Å². The Morgan fingerprint density at radius 3 is 2.77 bits per heavy atom. The lowest BCUT2D eigenvalue weighted by atomic mass is 10.1. The number of carbonyl (C=O) groups is 1. The van der Waals surface area contributed by atoms with E-state index in [1.807, 2.05) is 17.0 Å². The lowest BCUT2D eigenvalue weighted by Gasteiger charge is -2.38. The monoisotopic (exact) mass is 427 g/mol. The Hall–Kier alpha value is -2.74. The number of nitrogens with zero attached hydrogens (tertiary/aromatic N) is 4. The first-order chi connectivity index (χ1) is 14.7. The Kier molecular flexibility index (Phi) is 6.42. The number of guanidine groups is 1. The van der Waals surface area contributed by atoms with Crippen LogP contribution in [0.4, 0.5) is 5.69 Å². The van der Waals surface area contributed by atoms with E-state index < -0.39 is 0 Å². The first-order valence-electron chi connectivity index (χ1n) is 10.4. The van der Waals surface area contributed by atoms with Crippen LogP contribution in [0.5, 0.6) is 5.75 Å². The average molecular weight is 428 g/mol. The van der Waals surface area contributed by atoms with E-state index in [0.29, 0.717) is 0 Å². The summed E-state index contributed by atoms with van der Waals surface area (Å²) in [5.41, 5.74) is 2.46. The molecule has 30 heavy (non-hydrogen) atoms. The molecule has 1 N–H and O–H groups in total. The summed E-state index contributed by atoms with van der Waals surface area (Å²) in [4.78, 5) is 25.0. The van der Waals surface area contributed by atoms with Crippen LogP contribution < -0.4 is 15.0 Å². The fourth-order valence-corrected chi connectivity index (χ4v) is 4.93. The van der Waals surface area contributed by atoms with Crippen molar-refractivity contribution in [2.45, 2.75) is 13.0 Å². The van der Waals surface area contributed by atoms with E-state index in [-0.39, 0.29) is 12.5 Å². The molecule has 2 aliphatic heterocycles. The highest BCUT2D eigenvalue weighted by atomic mass is 32.1. The van der Waals surface area contributed by atoms with Gasteiger partial charge in [0.15, 0.2) is 5.96 Å². The molecule has 1 amide bonds. The van der Waals surface area contributed by atoms with Crippen molar-refractivity contribution in [1.82, 2.24) is 15.1 Å². The first kappa shape index (κ1) is 20.5. The summed E-state index contributed by atoms with van der Waals surface area (Å²) in [7, 11) is 3.47. The predicted molar refractivity (Wildman–Crippen MR) is 122 cm³/mol. The molecule has 0 atom stereocenters. The average Bonchev–Trinajstić information content (AvgIpc) is 3.28. The number of amides is 1. The number of anilines is 1. The van der Waals surface area contributed by atoms with E-state index in [1.54, 1.807) is 25.5 Å². The summed E-state index contributed by atoms with van der Waals surface area (Å²) in [5.74, 6) is 1.79. The third-order valence-corrected chi connectivity index (χ3v) is 6.79. The van der Waals surface area contributed by atoms with Crippen molar-refractivity contribution in [1.29, 1.82) is 0 Å². The summed E-state index contributed by atoms with van der Waals surface area (Å²) in [6, 6.07) is 10.3. The van der Waals surface area contributed by atoms with E-state index in [0.717, 1.165) is 57.4 Å². The van der Waals surface area contributed by atoms with Gasteiger partial charge in [-0.25, -0.2) is 0 Å². The van der Waals surface area contributed by atoms with Crippen molar-refractivity contribution in [3.63, 3.8) is 0 Å². The van der Waals surface area contributed by atoms with Crippen LogP contribution in [0.15, 0.2) is 40.7 Å². The first-order valence-corrected chi connectivity index (χ1v) is 11.2. The molecule has 0 radical (unpaired) electrons. The summed E-state index contributed by atoms with van der Waals surface area (Å²) in [5, 5.41) is 5.39. The van der Waals surface area contributed by atoms with Gasteiger partial charge in [-0.05, 0) is 35.6 Å². The van der Waals surface area contributed by atoms with Crippen LogP contribution in [-0.4, -0.2) is 75.1 Å². The van der Waals surface area contributed by atoms with Crippen LogP contribution >= 0.6 is 11.3 Å². The zero-order valence-electron chi connectivity index (χ0n) is 17.6. The zero-order chi connectivity index (χ0) is 20.9. The molecule has 4 rings (SSSR count). The van der Waals surface area contributed by atoms with Crippen molar-refractivity contribution >= 4 is 28.9 Å². The second-order valence-corrected chi connectivity index (χ2v) is 8.51. The summed E-state index contributed by atoms with van der Waals surface area (Å²) in [6.07, 6.45) is 0.958. The fraction of sp³-hybridized carbons (Fsp3) is 0.455. The van der Waals surface area contributed by atoms with Crippen molar-refractivity contribution in [3.05, 3.63) is 46.2 Å². The summed E-state index contributed by atoms with van der Waals surface area (Å²) in [6.45, 7) is 5.30. The number of ether oxygens (including phenoxy) is 1. The van der Waals surface area contributed by atoms with Gasteiger partial charge in [0, 0.05) is 62.9 Å². The molecule has 8 heteroatoms. The van der Waals surface area contributed by atoms with E-state index in [1.165, 1.54) is 16.1 Å². The lowest BCUT2D eigenvalue weighted by Crippen LogP contribution is -2.54. The minimum absolute atomic E-state index is 0.128. The number of hydrogen-bond acceptors (Lipinski definition) is 5. The highest BCUT2D eigenvalue weighted by Gasteiger charge is 2.23. The molecule has 0 aliphatic carbocycles. The predicted octanol–water partition coefficient (Wildman–Crippen LogP) is 2.04. The van der Waals surface area contributed by atoms with Gasteiger partial charge in [0.05, 0.1) is 13.7 Å². The molecule has 0 spiro atoms. The summed E-state index contributed by atoms with van der Waals surface area (Å²) < 4.78 is 5.34. The number of aliphatic imine (C=N–C) groups is 1. The molecule has 1 aromatic heterocycles. The smallest absolute Gasteiger partial charge is 0.242 e. The van der Waals surface area contributed by atoms with Crippen LogP contribution in [0, 0.1) is 0 Å². The number of fused-ring (bicyclic) bond motifs is 1. The molecule has 1 fully saturated rings. The molecule has 1 saturated heterocycles. The maximum atomic E-state index is 12.7. The van der Waals surface area contributed by atoms with Gasteiger partial charge in [0.1, 0.15) is 5.75 Å². The molecule has 3 heterocycles. The number of benzene rings is 1. The molecular formula is C22H29N5O2S. The lowest BCUT2D eigenvalue weighted by molar-refractivity contribution is -0.130. The molecule has 2 aromatic rings. The van der Waals surface area contributed by atoms with Gasteiger partial charge in [0.25, 0.3) is 0 Å². The standard InChI is InChI=1S/C22H29N5O2S/c1-23-22(24-15-21(28)27-8-6-20-17(16-27)7-13-30-20)26-11-9-25(10-12-26)18-4-3-5-19(14-18)29-2/h3-5,7,13-14H,6,8-12,15-16H2,1-2H3,(H,23,24). The van der Waals surface area contributed by atoms with Gasteiger partial charge in [0.2, 0.25) is 5.91 Å². The van der Waals surface area contributed by atoms with Gasteiger partial charge in [-0.1, -0.05) is 6.07 Å². The largest absolute Gasteiger partial charge is 0.497 e. The Bertz CT molecular complexity index is 904. The Morgan fingerprint density at radius 2 is 2.00 bits per heavy atom. The van der Waals surface area contributed by atoms with E-state index in [9.17, 15) is 4.79 Å². The number of hydrogen-bond donors (Lipinski definition) is 1. The minimum atomic E-state index is 0.128. The van der Waals surface area contributed by atoms with Crippen molar-refractivity contribution in [2.24, 2.45) is 4.99 Å². The quantitative estimate of drug-likeness (QED) is 0.598. The van der Waals surface area contributed by atoms with Crippen LogP contribution in [0.2, 0.25) is 0 Å². The van der Waals surface area contributed by atoms with E-state index in [4.69, 9.17) is 4.74 Å². The van der Waals surface area contributed by atoms with Crippen LogP contribution in [0.3, 0.4) is 0 Å². The number of carbonyl (C=O) groups excluding carboxylic acids is 1. The normalized spacial score (nSPS) is 17.0. The third kappa shape index (κ3) is 4.53. The molecule has 2 aliphatic rings. The molecule has 0 bridgehead atoms. The van der Waals surface area contributed by atoms with Crippen LogP contribution in [0.25, 0.3) is 0 Å². The molecule has 160 valence electrons. The molecule has 0 saturated carbocycles. The van der Waals surface area contributed by atoms with Crippen LogP contribution in [0.1, 0.15) is 10.4 Å². The minimum Gasteiger partial charge on any atom is -0.497 e. The van der Waals surface area contributed by atoms with Gasteiger partial charge >= 0.3 is 0 Å². The molecule has 7 nitrogen and oxygen atoms in total. The Labute approximate surface area is 181 Å². The SMILES string of the molecule is CN=C(NCC(=O)N1CCc2sccc2C1)N1CCN(c2cccc(OC)c2)CC1. The van der Waals surface area contributed by atoms with Crippen molar-refractivity contribution in [2.75, 3.05) is 58.3 Å². The van der Waals surface area contributed by atoms with Crippen LogP contribution in [-0.2, 0) is 17.8 Å². The number of thiophene rings is 1. The number of rotatable bonds is 4. The maximum absolute atomic E-state index is 12.7.